The van der Waals surface area contributed by atoms with E-state index in [9.17, 15) is 9.59 Å². The van der Waals surface area contributed by atoms with Gasteiger partial charge in [0.25, 0.3) is 0 Å². The Morgan fingerprint density at radius 3 is 2.45 bits per heavy atom. The van der Waals surface area contributed by atoms with Crippen molar-refractivity contribution in [2.24, 2.45) is 0 Å². The van der Waals surface area contributed by atoms with Gasteiger partial charge in [0.05, 0.1) is 13.2 Å². The predicted octanol–water partition coefficient (Wildman–Crippen LogP) is 3.25. The second-order valence-electron chi connectivity index (χ2n) is 7.21. The van der Waals surface area contributed by atoms with Gasteiger partial charge in [0, 0.05) is 6.08 Å². The average molecular weight is 424 g/mol. The summed E-state index contributed by atoms with van der Waals surface area (Å²) in [5.74, 6) is 1.54. The van der Waals surface area contributed by atoms with E-state index in [0.29, 0.717) is 31.1 Å². The van der Waals surface area contributed by atoms with Crippen LogP contribution in [0, 0.1) is 0 Å². The SMILES string of the molecule is CCC(NC(=O)C(C)NC(=O)C=Cc1ccc(OC)cc1)c1ccc2c(c1)OCCO2. The molecule has 1 aliphatic rings. The van der Waals surface area contributed by atoms with Gasteiger partial charge in [-0.15, -0.1) is 0 Å². The molecule has 0 saturated heterocycles. The second-order valence-corrected chi connectivity index (χ2v) is 7.21. The minimum atomic E-state index is -0.681. The van der Waals surface area contributed by atoms with Crippen LogP contribution in [0.25, 0.3) is 6.08 Å². The molecule has 1 aliphatic heterocycles. The van der Waals surface area contributed by atoms with Gasteiger partial charge in [-0.05, 0) is 54.8 Å². The fourth-order valence-electron chi connectivity index (χ4n) is 3.21. The van der Waals surface area contributed by atoms with Crippen molar-refractivity contribution < 1.29 is 23.8 Å². The molecule has 0 fully saturated rings. The summed E-state index contributed by atoms with van der Waals surface area (Å²) < 4.78 is 16.3. The molecule has 1 heterocycles. The summed E-state index contributed by atoms with van der Waals surface area (Å²) in [6, 6.07) is 12.1. The Morgan fingerprint density at radius 1 is 1.06 bits per heavy atom. The van der Waals surface area contributed by atoms with Gasteiger partial charge in [-0.2, -0.15) is 0 Å². The number of fused-ring (bicyclic) bond motifs is 1. The maximum Gasteiger partial charge on any atom is 0.244 e. The Hall–Kier alpha value is -3.48. The van der Waals surface area contributed by atoms with Gasteiger partial charge in [-0.1, -0.05) is 25.1 Å². The van der Waals surface area contributed by atoms with Gasteiger partial charge < -0.3 is 24.8 Å². The first-order valence-corrected chi connectivity index (χ1v) is 10.3. The van der Waals surface area contributed by atoms with Crippen molar-refractivity contribution in [3.05, 3.63) is 59.7 Å². The van der Waals surface area contributed by atoms with E-state index >= 15 is 0 Å². The molecule has 2 aromatic carbocycles. The molecule has 0 saturated carbocycles. The standard InChI is InChI=1S/C24H28N2O5/c1-4-20(18-8-11-21-22(15-18)31-14-13-30-21)26-24(28)16(2)25-23(27)12-7-17-5-9-19(29-3)10-6-17/h5-12,15-16,20H,4,13-14H2,1-3H3,(H,25,27)(H,26,28). The van der Waals surface area contributed by atoms with Crippen LogP contribution in [0.3, 0.4) is 0 Å². The van der Waals surface area contributed by atoms with Crippen molar-refractivity contribution in [2.75, 3.05) is 20.3 Å². The number of ether oxygens (including phenoxy) is 3. The fourth-order valence-corrected chi connectivity index (χ4v) is 3.21. The van der Waals surface area contributed by atoms with E-state index in [1.54, 1.807) is 20.1 Å². The summed E-state index contributed by atoms with van der Waals surface area (Å²) in [4.78, 5) is 24.8. The van der Waals surface area contributed by atoms with E-state index in [1.165, 1.54) is 6.08 Å². The average Bonchev–Trinajstić information content (AvgIpc) is 2.81. The van der Waals surface area contributed by atoms with E-state index in [2.05, 4.69) is 10.6 Å². The number of carbonyl (C=O) groups excluding carboxylic acids is 2. The molecule has 164 valence electrons. The van der Waals surface area contributed by atoms with Crippen LogP contribution in [-0.4, -0.2) is 38.2 Å². The van der Waals surface area contributed by atoms with Crippen LogP contribution in [0.1, 0.15) is 37.4 Å². The lowest BCUT2D eigenvalue weighted by molar-refractivity contribution is -0.127. The highest BCUT2D eigenvalue weighted by atomic mass is 16.6. The van der Waals surface area contributed by atoms with Crippen molar-refractivity contribution in [2.45, 2.75) is 32.4 Å². The third-order valence-electron chi connectivity index (χ3n) is 4.99. The van der Waals surface area contributed by atoms with E-state index in [-0.39, 0.29) is 17.9 Å². The maximum absolute atomic E-state index is 12.6. The number of benzene rings is 2. The minimum absolute atomic E-state index is 0.197. The van der Waals surface area contributed by atoms with E-state index in [1.807, 2.05) is 49.4 Å². The van der Waals surface area contributed by atoms with Crippen molar-refractivity contribution in [3.63, 3.8) is 0 Å². The monoisotopic (exact) mass is 424 g/mol. The molecule has 0 spiro atoms. The summed E-state index contributed by atoms with van der Waals surface area (Å²) in [7, 11) is 1.60. The summed E-state index contributed by atoms with van der Waals surface area (Å²) in [6.07, 6.45) is 3.79. The quantitative estimate of drug-likeness (QED) is 0.636. The highest BCUT2D eigenvalue weighted by Crippen LogP contribution is 2.33. The molecule has 7 heteroatoms. The Labute approximate surface area is 182 Å². The largest absolute Gasteiger partial charge is 0.497 e. The molecule has 0 aliphatic carbocycles. The van der Waals surface area contributed by atoms with Crippen LogP contribution in [0.2, 0.25) is 0 Å². The predicted molar refractivity (Wildman–Crippen MR) is 118 cm³/mol. The lowest BCUT2D eigenvalue weighted by atomic mass is 10.0. The lowest BCUT2D eigenvalue weighted by Crippen LogP contribution is -2.45. The zero-order valence-electron chi connectivity index (χ0n) is 18.0. The number of nitrogens with one attached hydrogen (secondary N) is 2. The molecule has 2 unspecified atom stereocenters. The Balaban J connectivity index is 1.55. The van der Waals surface area contributed by atoms with Crippen LogP contribution in [-0.2, 0) is 9.59 Å². The van der Waals surface area contributed by atoms with Crippen molar-refractivity contribution in [1.82, 2.24) is 10.6 Å². The van der Waals surface area contributed by atoms with Crippen LogP contribution >= 0.6 is 0 Å². The molecule has 0 radical (unpaired) electrons. The third kappa shape index (κ3) is 6.01. The minimum Gasteiger partial charge on any atom is -0.497 e. The van der Waals surface area contributed by atoms with E-state index in [4.69, 9.17) is 14.2 Å². The van der Waals surface area contributed by atoms with Gasteiger partial charge in [-0.3, -0.25) is 9.59 Å². The van der Waals surface area contributed by atoms with Gasteiger partial charge in [-0.25, -0.2) is 0 Å². The Bertz CT molecular complexity index is 939. The molecule has 2 aromatic rings. The topological polar surface area (TPSA) is 85.9 Å². The van der Waals surface area contributed by atoms with Gasteiger partial charge in [0.1, 0.15) is 25.0 Å². The summed E-state index contributed by atoms with van der Waals surface area (Å²) >= 11 is 0. The number of rotatable bonds is 8. The number of hydrogen-bond acceptors (Lipinski definition) is 5. The summed E-state index contributed by atoms with van der Waals surface area (Å²) in [6.45, 7) is 4.69. The molecule has 31 heavy (non-hydrogen) atoms. The third-order valence-corrected chi connectivity index (χ3v) is 4.99. The zero-order valence-corrected chi connectivity index (χ0v) is 18.0. The van der Waals surface area contributed by atoms with E-state index in [0.717, 1.165) is 16.9 Å². The Morgan fingerprint density at radius 2 is 1.77 bits per heavy atom. The van der Waals surface area contributed by atoms with Crippen LogP contribution in [0.4, 0.5) is 0 Å². The zero-order chi connectivity index (χ0) is 22.2. The number of carbonyl (C=O) groups is 2. The fraction of sp³-hybridized carbons (Fsp3) is 0.333. The number of amides is 2. The first-order valence-electron chi connectivity index (χ1n) is 10.3. The van der Waals surface area contributed by atoms with Crippen molar-refractivity contribution in [3.8, 4) is 17.2 Å². The second kappa shape index (κ2) is 10.5. The normalized spacial score (nSPS) is 14.5. The highest BCUT2D eigenvalue weighted by Gasteiger charge is 2.21. The van der Waals surface area contributed by atoms with E-state index < -0.39 is 6.04 Å². The molecule has 2 amide bonds. The summed E-state index contributed by atoms with van der Waals surface area (Å²) in [5.41, 5.74) is 1.79. The molecule has 2 N–H and O–H groups in total. The smallest absolute Gasteiger partial charge is 0.244 e. The van der Waals surface area contributed by atoms with Crippen molar-refractivity contribution in [1.29, 1.82) is 0 Å². The van der Waals surface area contributed by atoms with Gasteiger partial charge >= 0.3 is 0 Å². The molecule has 2 atom stereocenters. The molecule has 3 rings (SSSR count). The highest BCUT2D eigenvalue weighted by molar-refractivity contribution is 5.95. The number of methoxy groups -OCH3 is 1. The van der Waals surface area contributed by atoms with Crippen LogP contribution in [0.5, 0.6) is 17.2 Å². The van der Waals surface area contributed by atoms with Crippen LogP contribution < -0.4 is 24.8 Å². The molecular weight excluding hydrogens is 396 g/mol. The first-order chi connectivity index (χ1) is 15.0. The van der Waals surface area contributed by atoms with Gasteiger partial charge in [0.2, 0.25) is 11.8 Å². The van der Waals surface area contributed by atoms with Crippen molar-refractivity contribution >= 4 is 17.9 Å². The molecule has 0 bridgehead atoms. The molecular formula is C24H28N2O5. The molecule has 0 aromatic heterocycles. The summed E-state index contributed by atoms with van der Waals surface area (Å²) in [5, 5.41) is 5.69. The Kier molecular flexibility index (Phi) is 7.54. The van der Waals surface area contributed by atoms with Crippen LogP contribution in [0.15, 0.2) is 48.5 Å². The van der Waals surface area contributed by atoms with Gasteiger partial charge in [0.15, 0.2) is 11.5 Å². The number of hydrogen-bond donors (Lipinski definition) is 2. The first kappa shape index (κ1) is 22.2. The maximum atomic E-state index is 12.6. The lowest BCUT2D eigenvalue weighted by Gasteiger charge is -2.23. The molecule has 7 nitrogen and oxygen atoms in total.